The molecule has 5 nitrogen and oxygen atoms in total. The second-order valence-corrected chi connectivity index (χ2v) is 8.05. The van der Waals surface area contributed by atoms with Gasteiger partial charge in [-0.2, -0.15) is 0 Å². The second kappa shape index (κ2) is 26.4. The van der Waals surface area contributed by atoms with Crippen molar-refractivity contribution >= 4 is 5.97 Å². The molecule has 30 heavy (non-hydrogen) atoms. The number of unbranched alkanes of at least 4 members (excludes halogenated alkanes) is 12. The van der Waals surface area contributed by atoms with E-state index >= 15 is 0 Å². The van der Waals surface area contributed by atoms with Crippen LogP contribution < -0.4 is 0 Å². The summed E-state index contributed by atoms with van der Waals surface area (Å²) in [6.45, 7) is 8.38. The Morgan fingerprint density at radius 2 is 0.867 bits per heavy atom. The predicted molar refractivity (Wildman–Crippen MR) is 124 cm³/mol. The van der Waals surface area contributed by atoms with Crippen molar-refractivity contribution in [3.63, 3.8) is 0 Å². The topological polar surface area (TPSA) is 54.0 Å². The van der Waals surface area contributed by atoms with Gasteiger partial charge in [0, 0.05) is 13.0 Å². The highest BCUT2D eigenvalue weighted by Crippen LogP contribution is 2.10. The molecule has 0 aromatic carbocycles. The average molecular weight is 431 g/mol. The molecule has 0 bridgehead atoms. The Morgan fingerprint density at radius 1 is 0.467 bits per heavy atom. The molecule has 0 aromatic rings. The van der Waals surface area contributed by atoms with Crippen molar-refractivity contribution in [1.29, 1.82) is 0 Å². The summed E-state index contributed by atoms with van der Waals surface area (Å²) >= 11 is 0. The quantitative estimate of drug-likeness (QED) is 0.123. The number of carbonyl (C=O) groups is 1. The van der Waals surface area contributed by atoms with Gasteiger partial charge < -0.3 is 18.9 Å². The van der Waals surface area contributed by atoms with Crippen molar-refractivity contribution < 1.29 is 23.7 Å². The van der Waals surface area contributed by atoms with Crippen molar-refractivity contribution in [3.8, 4) is 0 Å². The highest BCUT2D eigenvalue weighted by Gasteiger charge is 2.02. The molecule has 0 saturated heterocycles. The SMILES string of the molecule is CCCCCCCCCCCC(=O)OCCOCCOCCOCCCCCCC. The van der Waals surface area contributed by atoms with Crippen LogP contribution in [0.5, 0.6) is 0 Å². The molecular weight excluding hydrogens is 380 g/mol. The van der Waals surface area contributed by atoms with Crippen molar-refractivity contribution in [2.24, 2.45) is 0 Å². The first-order chi connectivity index (χ1) is 14.8. The van der Waals surface area contributed by atoms with E-state index in [0.29, 0.717) is 46.1 Å². The normalized spacial score (nSPS) is 11.1. The predicted octanol–water partition coefficient (Wildman–Crippen LogP) is 6.47. The third-order valence-electron chi connectivity index (χ3n) is 5.11. The molecule has 0 rings (SSSR count). The van der Waals surface area contributed by atoms with Crippen LogP contribution in [0.1, 0.15) is 110 Å². The van der Waals surface area contributed by atoms with Crippen LogP contribution in [0.4, 0.5) is 0 Å². The maximum Gasteiger partial charge on any atom is 0.305 e. The molecule has 0 aliphatic rings. The molecular formula is C25H50O5. The van der Waals surface area contributed by atoms with E-state index in [9.17, 15) is 4.79 Å². The number of hydrogen-bond acceptors (Lipinski definition) is 5. The number of carbonyl (C=O) groups excluding carboxylic acids is 1. The second-order valence-electron chi connectivity index (χ2n) is 8.05. The fourth-order valence-corrected chi connectivity index (χ4v) is 3.22. The van der Waals surface area contributed by atoms with Gasteiger partial charge in [0.05, 0.1) is 33.0 Å². The van der Waals surface area contributed by atoms with E-state index in [2.05, 4.69) is 13.8 Å². The molecule has 0 atom stereocenters. The third kappa shape index (κ3) is 25.4. The summed E-state index contributed by atoms with van der Waals surface area (Å²) in [5.41, 5.74) is 0. The van der Waals surface area contributed by atoms with Gasteiger partial charge in [0.15, 0.2) is 0 Å². The van der Waals surface area contributed by atoms with Crippen LogP contribution in [-0.4, -0.2) is 52.2 Å². The van der Waals surface area contributed by atoms with Crippen molar-refractivity contribution in [1.82, 2.24) is 0 Å². The lowest BCUT2D eigenvalue weighted by molar-refractivity contribution is -0.145. The largest absolute Gasteiger partial charge is 0.463 e. The van der Waals surface area contributed by atoms with Gasteiger partial charge in [0.2, 0.25) is 0 Å². The fraction of sp³-hybridized carbons (Fsp3) is 0.960. The Labute approximate surface area is 186 Å². The molecule has 0 aliphatic carbocycles. The molecule has 0 fully saturated rings. The minimum absolute atomic E-state index is 0.107. The number of esters is 1. The lowest BCUT2D eigenvalue weighted by Gasteiger charge is -2.08. The third-order valence-corrected chi connectivity index (χ3v) is 5.11. The van der Waals surface area contributed by atoms with Gasteiger partial charge in [-0.15, -0.1) is 0 Å². The maximum atomic E-state index is 11.7. The molecule has 0 heterocycles. The van der Waals surface area contributed by atoms with E-state index < -0.39 is 0 Å². The molecule has 0 aliphatic heterocycles. The summed E-state index contributed by atoms with van der Waals surface area (Å²) in [4.78, 5) is 11.7. The first kappa shape index (κ1) is 29.4. The Balaban J connectivity index is 3.12. The Kier molecular flexibility index (Phi) is 25.8. The molecule has 0 radical (unpaired) electrons. The van der Waals surface area contributed by atoms with E-state index in [1.54, 1.807) is 0 Å². The summed E-state index contributed by atoms with van der Waals surface area (Å²) in [6, 6.07) is 0. The molecule has 0 unspecified atom stereocenters. The van der Waals surface area contributed by atoms with Gasteiger partial charge in [-0.05, 0) is 12.8 Å². The van der Waals surface area contributed by atoms with E-state index in [4.69, 9.17) is 18.9 Å². The summed E-state index contributed by atoms with van der Waals surface area (Å²) in [6.07, 6.45) is 18.1. The van der Waals surface area contributed by atoms with E-state index in [-0.39, 0.29) is 5.97 Å². The number of rotatable bonds is 25. The maximum absolute atomic E-state index is 11.7. The van der Waals surface area contributed by atoms with Gasteiger partial charge in [-0.1, -0.05) is 90.9 Å². The Hall–Kier alpha value is -0.650. The summed E-state index contributed by atoms with van der Waals surface area (Å²) in [5.74, 6) is -0.107. The molecule has 180 valence electrons. The van der Waals surface area contributed by atoms with E-state index in [0.717, 1.165) is 25.9 Å². The van der Waals surface area contributed by atoms with E-state index in [1.165, 1.54) is 70.6 Å². The Bertz CT molecular complexity index is 336. The monoisotopic (exact) mass is 430 g/mol. The number of hydrogen-bond donors (Lipinski definition) is 0. The smallest absolute Gasteiger partial charge is 0.305 e. The molecule has 0 aromatic heterocycles. The molecule has 5 heteroatoms. The summed E-state index contributed by atoms with van der Waals surface area (Å²) in [7, 11) is 0. The van der Waals surface area contributed by atoms with Gasteiger partial charge in [-0.25, -0.2) is 0 Å². The van der Waals surface area contributed by atoms with Crippen LogP contribution in [0.25, 0.3) is 0 Å². The van der Waals surface area contributed by atoms with Gasteiger partial charge in [0.1, 0.15) is 6.61 Å². The van der Waals surface area contributed by atoms with Crippen molar-refractivity contribution in [2.45, 2.75) is 110 Å². The van der Waals surface area contributed by atoms with Crippen LogP contribution in [0.2, 0.25) is 0 Å². The highest BCUT2D eigenvalue weighted by atomic mass is 16.6. The zero-order valence-corrected chi connectivity index (χ0v) is 20.1. The summed E-state index contributed by atoms with van der Waals surface area (Å²) < 4.78 is 21.6. The lowest BCUT2D eigenvalue weighted by Crippen LogP contribution is -2.14. The van der Waals surface area contributed by atoms with E-state index in [1.807, 2.05) is 0 Å². The van der Waals surface area contributed by atoms with Gasteiger partial charge in [0.25, 0.3) is 0 Å². The Morgan fingerprint density at radius 3 is 1.40 bits per heavy atom. The molecule has 0 saturated carbocycles. The minimum Gasteiger partial charge on any atom is -0.463 e. The molecule has 0 spiro atoms. The van der Waals surface area contributed by atoms with Crippen LogP contribution in [0.3, 0.4) is 0 Å². The number of ether oxygens (including phenoxy) is 4. The van der Waals surface area contributed by atoms with Crippen molar-refractivity contribution in [3.05, 3.63) is 0 Å². The average Bonchev–Trinajstić information content (AvgIpc) is 2.75. The minimum atomic E-state index is -0.107. The molecule has 0 N–H and O–H groups in total. The fourth-order valence-electron chi connectivity index (χ4n) is 3.22. The zero-order valence-electron chi connectivity index (χ0n) is 20.1. The standard InChI is InChI=1S/C25H50O5/c1-3-5-7-9-10-11-12-13-15-17-25(26)30-24-23-29-22-21-28-20-19-27-18-16-14-8-6-4-2/h3-24H2,1-2H3. The first-order valence-electron chi connectivity index (χ1n) is 12.7. The first-order valence-corrected chi connectivity index (χ1v) is 12.7. The zero-order chi connectivity index (χ0) is 22.0. The lowest BCUT2D eigenvalue weighted by atomic mass is 10.1. The van der Waals surface area contributed by atoms with Gasteiger partial charge >= 0.3 is 5.97 Å². The van der Waals surface area contributed by atoms with Crippen LogP contribution in [0, 0.1) is 0 Å². The van der Waals surface area contributed by atoms with Gasteiger partial charge in [-0.3, -0.25) is 4.79 Å². The molecule has 0 amide bonds. The summed E-state index contributed by atoms with van der Waals surface area (Å²) in [5, 5.41) is 0. The van der Waals surface area contributed by atoms with Crippen LogP contribution in [0.15, 0.2) is 0 Å². The van der Waals surface area contributed by atoms with Crippen molar-refractivity contribution in [2.75, 3.05) is 46.2 Å². The highest BCUT2D eigenvalue weighted by molar-refractivity contribution is 5.69. The van der Waals surface area contributed by atoms with Crippen LogP contribution in [-0.2, 0) is 23.7 Å². The van der Waals surface area contributed by atoms with Crippen LogP contribution >= 0.6 is 0 Å².